The summed E-state index contributed by atoms with van der Waals surface area (Å²) in [7, 11) is 0. The van der Waals surface area contributed by atoms with Crippen LogP contribution in [-0.2, 0) is 6.42 Å². The van der Waals surface area contributed by atoms with E-state index in [2.05, 4.69) is 0 Å². The summed E-state index contributed by atoms with van der Waals surface area (Å²) in [5.74, 6) is -0.514. The van der Waals surface area contributed by atoms with E-state index >= 15 is 0 Å². The minimum absolute atomic E-state index is 0.128. The third-order valence-electron chi connectivity index (χ3n) is 2.58. The van der Waals surface area contributed by atoms with Gasteiger partial charge in [-0.15, -0.1) is 0 Å². The first-order chi connectivity index (χ1) is 7.00. The minimum atomic E-state index is -0.849. The second kappa shape index (κ2) is 3.27. The Balaban J connectivity index is 2.34. The number of hydrogen-bond acceptors (Lipinski definition) is 3. The first kappa shape index (κ1) is 10.0. The summed E-state index contributed by atoms with van der Waals surface area (Å²) in [4.78, 5) is 10.1. The van der Waals surface area contributed by atoms with E-state index in [9.17, 15) is 19.6 Å². The van der Waals surface area contributed by atoms with Gasteiger partial charge < -0.3 is 5.11 Å². The van der Waals surface area contributed by atoms with Gasteiger partial charge in [0.05, 0.1) is 10.5 Å². The molecule has 0 spiro atoms. The van der Waals surface area contributed by atoms with Gasteiger partial charge in [0.25, 0.3) is 5.69 Å². The monoisotopic (exact) mass is 211 g/mol. The van der Waals surface area contributed by atoms with Crippen molar-refractivity contribution in [1.29, 1.82) is 0 Å². The first-order valence-corrected chi connectivity index (χ1v) is 4.65. The molecule has 80 valence electrons. The number of aliphatic hydroxyl groups is 1. The lowest BCUT2D eigenvalue weighted by atomic mass is 10.0. The highest BCUT2D eigenvalue weighted by atomic mass is 19.1. The summed E-state index contributed by atoms with van der Waals surface area (Å²) in [6, 6.07) is 3.31. The number of nitro groups is 1. The fraction of sp³-hybridized carbons (Fsp3) is 0.400. The summed E-state index contributed by atoms with van der Waals surface area (Å²) in [5.41, 5.74) is -0.713. The van der Waals surface area contributed by atoms with E-state index in [0.717, 1.165) is 18.2 Å². The molecule has 1 aliphatic carbocycles. The largest absolute Gasteiger partial charge is 0.390 e. The van der Waals surface area contributed by atoms with Crippen molar-refractivity contribution in [2.75, 3.05) is 0 Å². The molecular formula is C10H10FNO3. The normalized spacial score (nSPS) is 17.5. The average molecular weight is 211 g/mol. The van der Waals surface area contributed by atoms with Crippen molar-refractivity contribution in [2.24, 2.45) is 0 Å². The molecule has 1 N–H and O–H groups in total. The van der Waals surface area contributed by atoms with Crippen molar-refractivity contribution in [2.45, 2.75) is 24.9 Å². The van der Waals surface area contributed by atoms with Crippen molar-refractivity contribution in [1.82, 2.24) is 0 Å². The Bertz CT molecular complexity index is 415. The molecule has 4 nitrogen and oxygen atoms in total. The molecular weight excluding hydrogens is 201 g/mol. The summed E-state index contributed by atoms with van der Waals surface area (Å²) >= 11 is 0. The van der Waals surface area contributed by atoms with Crippen LogP contribution < -0.4 is 0 Å². The van der Waals surface area contributed by atoms with E-state index in [1.54, 1.807) is 0 Å². The maximum atomic E-state index is 12.9. The van der Waals surface area contributed by atoms with Crippen LogP contribution in [0.25, 0.3) is 0 Å². The van der Waals surface area contributed by atoms with Crippen molar-refractivity contribution in [3.05, 3.63) is 39.7 Å². The van der Waals surface area contributed by atoms with Crippen LogP contribution >= 0.6 is 0 Å². The van der Waals surface area contributed by atoms with Crippen LogP contribution in [-0.4, -0.2) is 15.6 Å². The second-order valence-electron chi connectivity index (χ2n) is 3.93. The summed E-state index contributed by atoms with van der Waals surface area (Å²) in [6.07, 6.45) is 1.41. The van der Waals surface area contributed by atoms with Gasteiger partial charge >= 0.3 is 0 Å². The zero-order chi connectivity index (χ0) is 11.1. The van der Waals surface area contributed by atoms with Gasteiger partial charge in [0, 0.05) is 18.1 Å². The standard InChI is InChI=1S/C10H10FNO3/c11-8-1-2-9(12(14)15)7(5-8)6-10(13)3-4-10/h1-2,5,13H,3-4,6H2. The number of halogens is 1. The number of nitro benzene ring substituents is 1. The molecule has 15 heavy (non-hydrogen) atoms. The number of rotatable bonds is 3. The Hall–Kier alpha value is -1.49. The topological polar surface area (TPSA) is 63.4 Å². The number of benzene rings is 1. The molecule has 1 aromatic carbocycles. The molecule has 1 aromatic rings. The van der Waals surface area contributed by atoms with Crippen molar-refractivity contribution >= 4 is 5.69 Å². The zero-order valence-corrected chi connectivity index (χ0v) is 7.94. The molecule has 1 saturated carbocycles. The Morgan fingerprint density at radius 3 is 2.73 bits per heavy atom. The third-order valence-corrected chi connectivity index (χ3v) is 2.58. The lowest BCUT2D eigenvalue weighted by Gasteiger charge is -2.07. The molecule has 0 saturated heterocycles. The van der Waals surface area contributed by atoms with E-state index in [4.69, 9.17) is 0 Å². The molecule has 5 heteroatoms. The van der Waals surface area contributed by atoms with Crippen molar-refractivity contribution in [3.8, 4) is 0 Å². The second-order valence-corrected chi connectivity index (χ2v) is 3.93. The van der Waals surface area contributed by atoms with Crippen LogP contribution in [0.5, 0.6) is 0 Å². The lowest BCUT2D eigenvalue weighted by molar-refractivity contribution is -0.385. The molecule has 0 aromatic heterocycles. The smallest absolute Gasteiger partial charge is 0.272 e. The highest BCUT2D eigenvalue weighted by molar-refractivity contribution is 5.41. The van der Waals surface area contributed by atoms with Crippen LogP contribution in [0.4, 0.5) is 10.1 Å². The van der Waals surface area contributed by atoms with E-state index in [1.807, 2.05) is 0 Å². The number of hydrogen-bond donors (Lipinski definition) is 1. The van der Waals surface area contributed by atoms with Crippen molar-refractivity contribution in [3.63, 3.8) is 0 Å². The van der Waals surface area contributed by atoms with Crippen molar-refractivity contribution < 1.29 is 14.4 Å². The van der Waals surface area contributed by atoms with Crippen LogP contribution in [0.2, 0.25) is 0 Å². The molecule has 0 radical (unpaired) electrons. The number of nitrogens with zero attached hydrogens (tertiary/aromatic N) is 1. The van der Waals surface area contributed by atoms with Gasteiger partial charge in [0.15, 0.2) is 0 Å². The molecule has 2 rings (SSSR count). The van der Waals surface area contributed by atoms with Gasteiger partial charge in [-0.1, -0.05) is 0 Å². The van der Waals surface area contributed by atoms with Gasteiger partial charge in [-0.2, -0.15) is 0 Å². The third kappa shape index (κ3) is 2.12. The fourth-order valence-electron chi connectivity index (χ4n) is 1.55. The first-order valence-electron chi connectivity index (χ1n) is 4.65. The average Bonchev–Trinajstić information content (AvgIpc) is 2.82. The molecule has 1 fully saturated rings. The van der Waals surface area contributed by atoms with Gasteiger partial charge in [-0.25, -0.2) is 4.39 Å². The van der Waals surface area contributed by atoms with E-state index in [1.165, 1.54) is 0 Å². The SMILES string of the molecule is O=[N+]([O-])c1ccc(F)cc1CC1(O)CC1. The van der Waals surface area contributed by atoms with E-state index in [0.29, 0.717) is 12.8 Å². The highest BCUT2D eigenvalue weighted by Gasteiger charge is 2.41. The predicted molar refractivity (Wildman–Crippen MR) is 50.9 cm³/mol. The van der Waals surface area contributed by atoms with Crippen LogP contribution in [0, 0.1) is 15.9 Å². The molecule has 0 heterocycles. The van der Waals surface area contributed by atoms with E-state index < -0.39 is 16.3 Å². The molecule has 0 atom stereocenters. The summed E-state index contributed by atoms with van der Waals surface area (Å²) in [6.45, 7) is 0. The Morgan fingerprint density at radius 1 is 1.53 bits per heavy atom. The Kier molecular flexibility index (Phi) is 2.19. The van der Waals surface area contributed by atoms with Gasteiger partial charge in [-0.3, -0.25) is 10.1 Å². The summed E-state index contributed by atoms with van der Waals surface area (Å²) < 4.78 is 12.9. The van der Waals surface area contributed by atoms with Gasteiger partial charge in [0.1, 0.15) is 5.82 Å². The molecule has 0 bridgehead atoms. The van der Waals surface area contributed by atoms with Gasteiger partial charge in [0.2, 0.25) is 0 Å². The maximum absolute atomic E-state index is 12.9. The quantitative estimate of drug-likeness (QED) is 0.612. The van der Waals surface area contributed by atoms with E-state index in [-0.39, 0.29) is 17.7 Å². The lowest BCUT2D eigenvalue weighted by Crippen LogP contribution is -2.12. The van der Waals surface area contributed by atoms with Crippen LogP contribution in [0.1, 0.15) is 18.4 Å². The molecule has 1 aliphatic rings. The fourth-order valence-corrected chi connectivity index (χ4v) is 1.55. The minimum Gasteiger partial charge on any atom is -0.390 e. The Morgan fingerprint density at radius 2 is 2.20 bits per heavy atom. The molecule has 0 aliphatic heterocycles. The predicted octanol–water partition coefficient (Wildman–Crippen LogP) is 1.80. The van der Waals surface area contributed by atoms with Crippen LogP contribution in [0.3, 0.4) is 0 Å². The highest BCUT2D eigenvalue weighted by Crippen LogP contribution is 2.40. The van der Waals surface area contributed by atoms with Gasteiger partial charge in [-0.05, 0) is 25.0 Å². The maximum Gasteiger partial charge on any atom is 0.272 e. The molecule has 0 amide bonds. The molecule has 0 unspecified atom stereocenters. The Labute approximate surface area is 85.5 Å². The zero-order valence-electron chi connectivity index (χ0n) is 7.94. The summed E-state index contributed by atoms with van der Waals surface area (Å²) in [5, 5.41) is 20.3. The van der Waals surface area contributed by atoms with Crippen LogP contribution in [0.15, 0.2) is 18.2 Å².